The summed E-state index contributed by atoms with van der Waals surface area (Å²) in [4.78, 5) is 28.8. The molecule has 0 aliphatic heterocycles. The highest BCUT2D eigenvalue weighted by Crippen LogP contribution is 2.25. The summed E-state index contributed by atoms with van der Waals surface area (Å²) in [5, 5.41) is 4.26. The van der Waals surface area contributed by atoms with Crippen LogP contribution in [-0.4, -0.2) is 34.6 Å². The summed E-state index contributed by atoms with van der Waals surface area (Å²) in [6.07, 6.45) is 1.25. The van der Waals surface area contributed by atoms with E-state index in [1.165, 1.54) is 11.8 Å². The first-order chi connectivity index (χ1) is 17.4. The van der Waals surface area contributed by atoms with Crippen molar-refractivity contribution in [1.82, 2.24) is 10.2 Å². The van der Waals surface area contributed by atoms with E-state index in [0.717, 1.165) is 23.1 Å². The van der Waals surface area contributed by atoms with Gasteiger partial charge in [0.1, 0.15) is 6.04 Å². The maximum absolute atomic E-state index is 13.6. The fourth-order valence-corrected chi connectivity index (χ4v) is 5.21. The van der Waals surface area contributed by atoms with Crippen LogP contribution in [0.2, 0.25) is 10.0 Å². The Bertz CT molecular complexity index is 1130. The SMILES string of the molecule is CC[C@H](C)NC(=O)[C@H](Cc1ccccc1)N(Cc1ccccc1)C(=O)CSCc1ccc(Cl)cc1Cl. The fraction of sp³-hybridized carbons (Fsp3) is 0.310. The first-order valence-corrected chi connectivity index (χ1v) is 14.0. The molecule has 4 nitrogen and oxygen atoms in total. The Balaban J connectivity index is 1.83. The number of nitrogens with zero attached hydrogens (tertiary/aromatic N) is 1. The summed E-state index contributed by atoms with van der Waals surface area (Å²) in [6, 6.07) is 24.4. The summed E-state index contributed by atoms with van der Waals surface area (Å²) >= 11 is 13.8. The molecule has 3 aromatic carbocycles. The van der Waals surface area contributed by atoms with Crippen LogP contribution in [0, 0.1) is 0 Å². The van der Waals surface area contributed by atoms with Gasteiger partial charge in [-0.25, -0.2) is 0 Å². The van der Waals surface area contributed by atoms with E-state index in [2.05, 4.69) is 5.32 Å². The predicted molar refractivity (Wildman–Crippen MR) is 151 cm³/mol. The van der Waals surface area contributed by atoms with Crippen molar-refractivity contribution in [3.05, 3.63) is 106 Å². The van der Waals surface area contributed by atoms with E-state index in [0.29, 0.717) is 28.8 Å². The molecule has 0 saturated heterocycles. The molecule has 0 aromatic heterocycles. The van der Waals surface area contributed by atoms with E-state index < -0.39 is 6.04 Å². The quantitative estimate of drug-likeness (QED) is 0.274. The Morgan fingerprint density at radius 2 is 1.58 bits per heavy atom. The minimum Gasteiger partial charge on any atom is -0.352 e. The molecular formula is C29H32Cl2N2O2S. The van der Waals surface area contributed by atoms with Gasteiger partial charge in [-0.1, -0.05) is 96.9 Å². The van der Waals surface area contributed by atoms with E-state index in [1.807, 2.05) is 80.6 Å². The summed E-state index contributed by atoms with van der Waals surface area (Å²) in [5.74, 6) is 0.578. The van der Waals surface area contributed by atoms with Crippen molar-refractivity contribution in [2.45, 2.75) is 51.1 Å². The first-order valence-electron chi connectivity index (χ1n) is 12.1. The zero-order chi connectivity index (χ0) is 25.9. The fourth-order valence-electron chi connectivity index (χ4n) is 3.75. The molecule has 0 aliphatic carbocycles. The van der Waals surface area contributed by atoms with Crippen molar-refractivity contribution >= 4 is 46.8 Å². The molecular weight excluding hydrogens is 511 g/mol. The molecule has 7 heteroatoms. The molecule has 1 N–H and O–H groups in total. The number of hydrogen-bond donors (Lipinski definition) is 1. The molecule has 0 heterocycles. The largest absolute Gasteiger partial charge is 0.352 e. The Kier molecular flexibility index (Phi) is 11.2. The lowest BCUT2D eigenvalue weighted by molar-refractivity contribution is -0.139. The van der Waals surface area contributed by atoms with Crippen molar-refractivity contribution < 1.29 is 9.59 Å². The van der Waals surface area contributed by atoms with Gasteiger partial charge in [-0.3, -0.25) is 9.59 Å². The van der Waals surface area contributed by atoms with Gasteiger partial charge in [0.2, 0.25) is 11.8 Å². The minimum atomic E-state index is -0.631. The third-order valence-electron chi connectivity index (χ3n) is 5.97. The number of rotatable bonds is 12. The van der Waals surface area contributed by atoms with Crippen LogP contribution in [-0.2, 0) is 28.3 Å². The highest BCUT2D eigenvalue weighted by atomic mass is 35.5. The average molecular weight is 544 g/mol. The molecule has 0 fully saturated rings. The number of carbonyl (C=O) groups is 2. The van der Waals surface area contributed by atoms with Crippen molar-refractivity contribution in [2.24, 2.45) is 0 Å². The number of amides is 2. The summed E-state index contributed by atoms with van der Waals surface area (Å²) in [6.45, 7) is 4.36. The van der Waals surface area contributed by atoms with E-state index >= 15 is 0 Å². The lowest BCUT2D eigenvalue weighted by Crippen LogP contribution is -2.52. The lowest BCUT2D eigenvalue weighted by atomic mass is 10.0. The zero-order valence-corrected chi connectivity index (χ0v) is 23.0. The van der Waals surface area contributed by atoms with Gasteiger partial charge in [-0.15, -0.1) is 11.8 Å². The monoisotopic (exact) mass is 542 g/mol. The molecule has 36 heavy (non-hydrogen) atoms. The molecule has 3 aromatic rings. The topological polar surface area (TPSA) is 49.4 Å². The molecule has 0 bridgehead atoms. The first kappa shape index (κ1) is 28.1. The lowest BCUT2D eigenvalue weighted by Gasteiger charge is -2.32. The highest BCUT2D eigenvalue weighted by molar-refractivity contribution is 7.99. The van der Waals surface area contributed by atoms with Gasteiger partial charge < -0.3 is 10.2 Å². The van der Waals surface area contributed by atoms with Crippen LogP contribution in [0.3, 0.4) is 0 Å². The summed E-state index contributed by atoms with van der Waals surface area (Å²) in [7, 11) is 0. The van der Waals surface area contributed by atoms with Gasteiger partial charge in [0.15, 0.2) is 0 Å². The smallest absolute Gasteiger partial charge is 0.243 e. The third kappa shape index (κ3) is 8.58. The van der Waals surface area contributed by atoms with E-state index in [1.54, 1.807) is 17.0 Å². The van der Waals surface area contributed by atoms with Crippen LogP contribution in [0.1, 0.15) is 37.0 Å². The van der Waals surface area contributed by atoms with Crippen LogP contribution < -0.4 is 5.32 Å². The molecule has 0 spiro atoms. The van der Waals surface area contributed by atoms with Crippen molar-refractivity contribution in [3.63, 3.8) is 0 Å². The number of carbonyl (C=O) groups excluding carboxylic acids is 2. The zero-order valence-electron chi connectivity index (χ0n) is 20.6. The molecule has 0 unspecified atom stereocenters. The maximum Gasteiger partial charge on any atom is 0.243 e. The van der Waals surface area contributed by atoms with Crippen molar-refractivity contribution in [2.75, 3.05) is 5.75 Å². The van der Waals surface area contributed by atoms with Crippen molar-refractivity contribution in [1.29, 1.82) is 0 Å². The Labute approximate surface area is 228 Å². The highest BCUT2D eigenvalue weighted by Gasteiger charge is 2.30. The van der Waals surface area contributed by atoms with Gasteiger partial charge >= 0.3 is 0 Å². The summed E-state index contributed by atoms with van der Waals surface area (Å²) in [5.41, 5.74) is 2.91. The standard InChI is InChI=1S/C29H32Cl2N2O2S/c1-3-21(2)32-29(35)27(16-22-10-6-4-7-11-22)33(18-23-12-8-5-9-13-23)28(34)20-36-19-24-14-15-25(30)17-26(24)31/h4-15,17,21,27H,3,16,18-20H2,1-2H3,(H,32,35)/t21-,27-/m0/s1. The number of hydrogen-bond acceptors (Lipinski definition) is 3. The van der Waals surface area contributed by atoms with Crippen LogP contribution in [0.5, 0.6) is 0 Å². The number of thioether (sulfide) groups is 1. The van der Waals surface area contributed by atoms with Gasteiger partial charge in [0, 0.05) is 34.8 Å². The van der Waals surface area contributed by atoms with Crippen molar-refractivity contribution in [3.8, 4) is 0 Å². The number of benzene rings is 3. The van der Waals surface area contributed by atoms with E-state index in [-0.39, 0.29) is 23.6 Å². The predicted octanol–water partition coefficient (Wildman–Crippen LogP) is 6.78. The Hall–Kier alpha value is -2.47. The molecule has 3 rings (SSSR count). The van der Waals surface area contributed by atoms with E-state index in [9.17, 15) is 9.59 Å². The molecule has 190 valence electrons. The molecule has 0 saturated carbocycles. The van der Waals surface area contributed by atoms with E-state index in [4.69, 9.17) is 23.2 Å². The Morgan fingerprint density at radius 1 is 0.944 bits per heavy atom. The Morgan fingerprint density at radius 3 is 2.19 bits per heavy atom. The molecule has 0 radical (unpaired) electrons. The summed E-state index contributed by atoms with van der Waals surface area (Å²) < 4.78 is 0. The maximum atomic E-state index is 13.6. The normalized spacial score (nSPS) is 12.6. The molecule has 2 atom stereocenters. The van der Waals surface area contributed by atoms with Gasteiger partial charge in [-0.2, -0.15) is 0 Å². The second kappa shape index (κ2) is 14.3. The van der Waals surface area contributed by atoms with Gasteiger partial charge in [0.05, 0.1) is 5.75 Å². The second-order valence-corrected chi connectivity index (χ2v) is 10.6. The molecule has 0 aliphatic rings. The van der Waals surface area contributed by atoms with Crippen LogP contribution >= 0.6 is 35.0 Å². The van der Waals surface area contributed by atoms with Gasteiger partial charge in [-0.05, 0) is 42.2 Å². The number of halogens is 2. The number of nitrogens with one attached hydrogen (secondary N) is 1. The van der Waals surface area contributed by atoms with Crippen LogP contribution in [0.25, 0.3) is 0 Å². The van der Waals surface area contributed by atoms with Gasteiger partial charge in [0.25, 0.3) is 0 Å². The van der Waals surface area contributed by atoms with Crippen LogP contribution in [0.4, 0.5) is 0 Å². The second-order valence-electron chi connectivity index (χ2n) is 8.76. The third-order valence-corrected chi connectivity index (χ3v) is 7.52. The average Bonchev–Trinajstić information content (AvgIpc) is 2.88. The minimum absolute atomic E-state index is 0.0193. The van der Waals surface area contributed by atoms with Crippen LogP contribution in [0.15, 0.2) is 78.9 Å². The molecule has 2 amide bonds.